The van der Waals surface area contributed by atoms with E-state index < -0.39 is 0 Å². The fourth-order valence-corrected chi connectivity index (χ4v) is 4.13. The summed E-state index contributed by atoms with van der Waals surface area (Å²) in [6.07, 6.45) is 6.99. The van der Waals surface area contributed by atoms with Crippen molar-refractivity contribution < 1.29 is 4.79 Å². The van der Waals surface area contributed by atoms with E-state index in [9.17, 15) is 9.59 Å². The van der Waals surface area contributed by atoms with Crippen LogP contribution in [0.25, 0.3) is 10.9 Å². The van der Waals surface area contributed by atoms with E-state index in [-0.39, 0.29) is 11.5 Å². The highest BCUT2D eigenvalue weighted by Crippen LogP contribution is 2.49. The van der Waals surface area contributed by atoms with Gasteiger partial charge in [0.1, 0.15) is 5.82 Å². The Morgan fingerprint density at radius 3 is 2.75 bits per heavy atom. The van der Waals surface area contributed by atoms with Crippen LogP contribution in [-0.2, 0) is 11.2 Å². The van der Waals surface area contributed by atoms with Gasteiger partial charge in [-0.15, -0.1) is 0 Å². The molecule has 1 aromatic carbocycles. The van der Waals surface area contributed by atoms with Gasteiger partial charge in [-0.3, -0.25) is 9.59 Å². The quantitative estimate of drug-likeness (QED) is 0.887. The molecule has 2 aromatic rings. The first-order chi connectivity index (χ1) is 11.7. The number of hydrogen-bond donors (Lipinski definition) is 2. The third kappa shape index (κ3) is 3.07. The zero-order valence-electron chi connectivity index (χ0n) is 13.8. The second-order valence-electron chi connectivity index (χ2n) is 7.09. The van der Waals surface area contributed by atoms with Crippen LogP contribution in [0.4, 0.5) is 0 Å². The summed E-state index contributed by atoms with van der Waals surface area (Å²) in [5, 5.41) is 3.80. The third-order valence-electron chi connectivity index (χ3n) is 5.46. The Morgan fingerprint density at radius 1 is 1.21 bits per heavy atom. The Balaban J connectivity index is 1.29. The molecule has 5 nitrogen and oxygen atoms in total. The van der Waals surface area contributed by atoms with Crippen LogP contribution in [0.3, 0.4) is 0 Å². The molecule has 0 bridgehead atoms. The molecule has 1 aromatic heterocycles. The average Bonchev–Trinajstić information content (AvgIpc) is 3.28. The molecular weight excluding hydrogens is 302 g/mol. The molecule has 0 spiro atoms. The molecule has 2 N–H and O–H groups in total. The number of nitrogens with zero attached hydrogens (tertiary/aromatic N) is 1. The summed E-state index contributed by atoms with van der Waals surface area (Å²) >= 11 is 0. The Hall–Kier alpha value is -2.17. The van der Waals surface area contributed by atoms with E-state index in [4.69, 9.17) is 0 Å². The summed E-state index contributed by atoms with van der Waals surface area (Å²) in [4.78, 5) is 31.4. The summed E-state index contributed by atoms with van der Waals surface area (Å²) in [7, 11) is 0. The van der Waals surface area contributed by atoms with Crippen molar-refractivity contribution in [3.63, 3.8) is 0 Å². The topological polar surface area (TPSA) is 74.8 Å². The van der Waals surface area contributed by atoms with Crippen molar-refractivity contribution in [2.24, 2.45) is 11.8 Å². The summed E-state index contributed by atoms with van der Waals surface area (Å²) in [5.74, 6) is 2.27. The number of carbonyl (C=O) groups excluding carboxylic acids is 1. The van der Waals surface area contributed by atoms with E-state index >= 15 is 0 Å². The molecule has 3 atom stereocenters. The molecule has 1 heterocycles. The molecule has 5 heteroatoms. The minimum Gasteiger partial charge on any atom is -0.353 e. The average molecular weight is 325 g/mol. The number of aryl methyl sites for hydroxylation is 1. The van der Waals surface area contributed by atoms with Crippen molar-refractivity contribution in [3.05, 3.63) is 40.4 Å². The number of benzene rings is 1. The van der Waals surface area contributed by atoms with Gasteiger partial charge in [-0.05, 0) is 43.2 Å². The summed E-state index contributed by atoms with van der Waals surface area (Å²) in [6, 6.07) is 7.75. The number of H-pyrrole nitrogens is 1. The number of aromatic nitrogens is 2. The lowest BCUT2D eigenvalue weighted by atomic mass is 10.0. The van der Waals surface area contributed by atoms with E-state index in [1.165, 1.54) is 25.7 Å². The Morgan fingerprint density at radius 2 is 1.96 bits per heavy atom. The van der Waals surface area contributed by atoms with Crippen LogP contribution in [0, 0.1) is 11.8 Å². The van der Waals surface area contributed by atoms with Gasteiger partial charge in [0.15, 0.2) is 0 Å². The molecule has 2 fully saturated rings. The molecule has 0 radical (unpaired) electrons. The monoisotopic (exact) mass is 325 g/mol. The molecular formula is C19H23N3O2. The van der Waals surface area contributed by atoms with E-state index in [0.717, 1.165) is 11.8 Å². The van der Waals surface area contributed by atoms with Crippen molar-refractivity contribution in [2.75, 3.05) is 0 Å². The highest BCUT2D eigenvalue weighted by Gasteiger charge is 2.51. The first kappa shape index (κ1) is 15.4. The number of nitrogens with one attached hydrogen (secondary N) is 2. The fraction of sp³-hybridized carbons (Fsp3) is 0.526. The molecule has 0 saturated heterocycles. The van der Waals surface area contributed by atoms with E-state index in [0.29, 0.717) is 42.0 Å². The van der Waals surface area contributed by atoms with Crippen LogP contribution in [-0.4, -0.2) is 21.9 Å². The second kappa shape index (κ2) is 6.38. The van der Waals surface area contributed by atoms with E-state index in [1.807, 2.05) is 18.2 Å². The predicted molar refractivity (Wildman–Crippen MR) is 92.7 cm³/mol. The van der Waals surface area contributed by atoms with Gasteiger partial charge in [-0.25, -0.2) is 4.98 Å². The van der Waals surface area contributed by atoms with E-state index in [2.05, 4.69) is 15.3 Å². The minimum absolute atomic E-state index is 0.109. The number of amides is 1. The standard InChI is InChI=1S/C19H23N3O2/c23-17(22-18-12-6-1-2-7-13(12)18)11-5-10-16-20-15-9-4-3-8-14(15)19(24)21-16/h3-4,8-9,12-13,18H,1-2,5-7,10-11H2,(H,22,23)(H,20,21,24)/t12-,13+,18?. The molecule has 1 amide bonds. The van der Waals surface area contributed by atoms with E-state index in [1.54, 1.807) is 6.07 Å². The van der Waals surface area contributed by atoms with Gasteiger partial charge in [-0.1, -0.05) is 25.0 Å². The molecule has 2 saturated carbocycles. The Kier molecular flexibility index (Phi) is 4.08. The highest BCUT2D eigenvalue weighted by atomic mass is 16.1. The maximum absolute atomic E-state index is 12.1. The number of fused-ring (bicyclic) bond motifs is 2. The van der Waals surface area contributed by atoms with Gasteiger partial charge in [0.05, 0.1) is 10.9 Å². The minimum atomic E-state index is -0.109. The number of hydrogen-bond acceptors (Lipinski definition) is 3. The van der Waals surface area contributed by atoms with Gasteiger partial charge in [0.25, 0.3) is 5.56 Å². The van der Waals surface area contributed by atoms with Crippen molar-refractivity contribution in [1.29, 1.82) is 0 Å². The van der Waals surface area contributed by atoms with Crippen molar-refractivity contribution in [1.82, 2.24) is 15.3 Å². The van der Waals surface area contributed by atoms with Crippen LogP contribution in [0.15, 0.2) is 29.1 Å². The maximum Gasteiger partial charge on any atom is 0.258 e. The number of para-hydroxylation sites is 1. The van der Waals surface area contributed by atoms with Gasteiger partial charge in [-0.2, -0.15) is 0 Å². The summed E-state index contributed by atoms with van der Waals surface area (Å²) in [6.45, 7) is 0. The van der Waals surface area contributed by atoms with Crippen LogP contribution >= 0.6 is 0 Å². The van der Waals surface area contributed by atoms with Crippen molar-refractivity contribution in [3.8, 4) is 0 Å². The van der Waals surface area contributed by atoms with Crippen molar-refractivity contribution >= 4 is 16.8 Å². The van der Waals surface area contributed by atoms with Crippen LogP contribution in [0.1, 0.15) is 44.3 Å². The van der Waals surface area contributed by atoms with Gasteiger partial charge >= 0.3 is 0 Å². The second-order valence-corrected chi connectivity index (χ2v) is 7.09. The summed E-state index contributed by atoms with van der Waals surface area (Å²) < 4.78 is 0. The first-order valence-corrected chi connectivity index (χ1v) is 9.00. The molecule has 1 unspecified atom stereocenters. The van der Waals surface area contributed by atoms with Crippen molar-refractivity contribution in [2.45, 2.75) is 51.0 Å². The number of aromatic amines is 1. The lowest BCUT2D eigenvalue weighted by Crippen LogP contribution is -2.27. The predicted octanol–water partition coefficient (Wildman–Crippen LogP) is 2.55. The molecule has 4 rings (SSSR count). The van der Waals surface area contributed by atoms with Crippen LogP contribution < -0.4 is 10.9 Å². The lowest BCUT2D eigenvalue weighted by molar-refractivity contribution is -0.121. The summed E-state index contributed by atoms with van der Waals surface area (Å²) in [5.41, 5.74) is 0.602. The third-order valence-corrected chi connectivity index (χ3v) is 5.46. The highest BCUT2D eigenvalue weighted by molar-refractivity contribution is 5.77. The van der Waals surface area contributed by atoms with Gasteiger partial charge < -0.3 is 10.3 Å². The number of carbonyl (C=O) groups is 1. The zero-order chi connectivity index (χ0) is 16.5. The van der Waals surface area contributed by atoms with Crippen LogP contribution in [0.5, 0.6) is 0 Å². The molecule has 2 aliphatic carbocycles. The fourth-order valence-electron chi connectivity index (χ4n) is 4.13. The molecule has 2 aliphatic rings. The lowest BCUT2D eigenvalue weighted by Gasteiger charge is -2.05. The van der Waals surface area contributed by atoms with Crippen LogP contribution in [0.2, 0.25) is 0 Å². The maximum atomic E-state index is 12.1. The smallest absolute Gasteiger partial charge is 0.258 e. The SMILES string of the molecule is O=C(CCCc1nc2ccccc2c(=O)[nH]1)NC1[C@H]2CCCC[C@@H]12. The molecule has 126 valence electrons. The first-order valence-electron chi connectivity index (χ1n) is 9.00. The number of rotatable bonds is 5. The van der Waals surface area contributed by atoms with Gasteiger partial charge in [0.2, 0.25) is 5.91 Å². The molecule has 24 heavy (non-hydrogen) atoms. The Bertz CT molecular complexity index is 802. The normalized spacial score (nSPS) is 25.2. The Labute approximate surface area is 140 Å². The van der Waals surface area contributed by atoms with Gasteiger partial charge in [0, 0.05) is 18.9 Å². The zero-order valence-corrected chi connectivity index (χ0v) is 13.8. The molecule has 0 aliphatic heterocycles. The largest absolute Gasteiger partial charge is 0.353 e.